The Morgan fingerprint density at radius 2 is 2.38 bits per heavy atom. The molecule has 1 aromatic rings. The summed E-state index contributed by atoms with van der Waals surface area (Å²) in [5, 5.41) is 4.79. The summed E-state index contributed by atoms with van der Waals surface area (Å²) in [6.07, 6.45) is 1.85. The van der Waals surface area contributed by atoms with Crippen molar-refractivity contribution < 1.29 is 9.59 Å². The molecule has 1 aliphatic rings. The van der Waals surface area contributed by atoms with Gasteiger partial charge in [-0.3, -0.25) is 14.9 Å². The van der Waals surface area contributed by atoms with Crippen LogP contribution in [-0.4, -0.2) is 16.8 Å². The molecule has 1 aromatic heterocycles. The molecule has 1 N–H and O–H groups in total. The summed E-state index contributed by atoms with van der Waals surface area (Å²) in [5.41, 5.74) is -0.745. The summed E-state index contributed by atoms with van der Waals surface area (Å²) in [4.78, 5) is 26.5. The van der Waals surface area contributed by atoms with Crippen LogP contribution in [0.15, 0.2) is 11.6 Å². The number of carbonyl (C=O) groups excluding carboxylic acids is 2. The topological polar surface area (TPSA) is 59.1 Å². The SMILES string of the molecule is CC1(c2nccs2)CC(=O)NC1=O. The van der Waals surface area contributed by atoms with Crippen LogP contribution in [0.1, 0.15) is 18.4 Å². The maximum atomic E-state index is 11.4. The van der Waals surface area contributed by atoms with Gasteiger partial charge in [0.1, 0.15) is 10.4 Å². The van der Waals surface area contributed by atoms with Crippen molar-refractivity contribution in [2.75, 3.05) is 0 Å². The van der Waals surface area contributed by atoms with Crippen LogP contribution in [0.5, 0.6) is 0 Å². The van der Waals surface area contributed by atoms with E-state index < -0.39 is 5.41 Å². The lowest BCUT2D eigenvalue weighted by atomic mass is 9.90. The molecule has 2 rings (SSSR count). The first-order valence-corrected chi connectivity index (χ1v) is 4.75. The van der Waals surface area contributed by atoms with Gasteiger partial charge in [0, 0.05) is 18.0 Å². The van der Waals surface area contributed by atoms with Gasteiger partial charge in [0.25, 0.3) is 0 Å². The second kappa shape index (κ2) is 2.63. The molecule has 0 saturated carbocycles. The summed E-state index contributed by atoms with van der Waals surface area (Å²) in [6, 6.07) is 0. The van der Waals surface area contributed by atoms with Crippen LogP contribution in [-0.2, 0) is 15.0 Å². The highest BCUT2D eigenvalue weighted by molar-refractivity contribution is 7.09. The van der Waals surface area contributed by atoms with Crippen LogP contribution < -0.4 is 5.32 Å². The zero-order valence-corrected chi connectivity index (χ0v) is 7.85. The van der Waals surface area contributed by atoms with E-state index in [1.54, 1.807) is 18.5 Å². The highest BCUT2D eigenvalue weighted by atomic mass is 32.1. The first-order valence-electron chi connectivity index (χ1n) is 3.87. The molecule has 4 nitrogen and oxygen atoms in total. The largest absolute Gasteiger partial charge is 0.296 e. The molecular formula is C8H8N2O2S. The Hall–Kier alpha value is -1.23. The molecule has 2 heterocycles. The lowest BCUT2D eigenvalue weighted by Gasteiger charge is -2.14. The van der Waals surface area contributed by atoms with Gasteiger partial charge in [-0.25, -0.2) is 4.98 Å². The number of nitrogens with one attached hydrogen (secondary N) is 1. The molecule has 13 heavy (non-hydrogen) atoms. The van der Waals surface area contributed by atoms with E-state index in [0.717, 1.165) is 0 Å². The Morgan fingerprint density at radius 1 is 1.62 bits per heavy atom. The van der Waals surface area contributed by atoms with E-state index in [-0.39, 0.29) is 18.2 Å². The lowest BCUT2D eigenvalue weighted by Crippen LogP contribution is -2.32. The summed E-state index contributed by atoms with van der Waals surface area (Å²) in [7, 11) is 0. The van der Waals surface area contributed by atoms with E-state index in [9.17, 15) is 9.59 Å². The molecule has 0 radical (unpaired) electrons. The van der Waals surface area contributed by atoms with Crippen molar-refractivity contribution in [3.63, 3.8) is 0 Å². The van der Waals surface area contributed by atoms with Crippen molar-refractivity contribution in [3.8, 4) is 0 Å². The molecule has 2 amide bonds. The molecule has 1 saturated heterocycles. The zero-order valence-electron chi connectivity index (χ0n) is 7.03. The molecule has 1 atom stereocenters. The minimum atomic E-state index is -0.745. The molecule has 68 valence electrons. The molecule has 1 unspecified atom stereocenters. The van der Waals surface area contributed by atoms with E-state index in [4.69, 9.17) is 0 Å². The van der Waals surface area contributed by atoms with Crippen molar-refractivity contribution >= 4 is 23.2 Å². The third kappa shape index (κ3) is 1.16. The number of hydrogen-bond acceptors (Lipinski definition) is 4. The number of rotatable bonds is 1. The van der Waals surface area contributed by atoms with E-state index >= 15 is 0 Å². The Bertz CT molecular complexity index is 360. The van der Waals surface area contributed by atoms with Gasteiger partial charge in [0.05, 0.1) is 0 Å². The minimum absolute atomic E-state index is 0.208. The maximum absolute atomic E-state index is 11.4. The van der Waals surface area contributed by atoms with Gasteiger partial charge in [-0.05, 0) is 6.92 Å². The predicted octanol–water partition coefficient (Wildman–Crippen LogP) is 0.447. The van der Waals surface area contributed by atoms with Crippen molar-refractivity contribution in [1.29, 1.82) is 0 Å². The van der Waals surface area contributed by atoms with Gasteiger partial charge in [-0.15, -0.1) is 11.3 Å². The molecule has 1 fully saturated rings. The number of aromatic nitrogens is 1. The molecule has 0 bridgehead atoms. The van der Waals surface area contributed by atoms with Crippen molar-refractivity contribution in [1.82, 2.24) is 10.3 Å². The highest BCUT2D eigenvalue weighted by Gasteiger charge is 2.45. The summed E-state index contributed by atoms with van der Waals surface area (Å²) >= 11 is 1.40. The number of thiazole rings is 1. The average Bonchev–Trinajstić information content (AvgIpc) is 2.61. The molecule has 0 spiro atoms. The lowest BCUT2D eigenvalue weighted by molar-refractivity contribution is -0.126. The molecule has 5 heteroatoms. The van der Waals surface area contributed by atoms with Gasteiger partial charge in [0.2, 0.25) is 11.8 Å². The van der Waals surface area contributed by atoms with Crippen LogP contribution >= 0.6 is 11.3 Å². The molecule has 1 aliphatic heterocycles. The van der Waals surface area contributed by atoms with E-state index in [2.05, 4.69) is 10.3 Å². The van der Waals surface area contributed by atoms with E-state index in [1.807, 2.05) is 0 Å². The Balaban J connectivity index is 2.42. The molecule has 0 aliphatic carbocycles. The van der Waals surface area contributed by atoms with Gasteiger partial charge in [-0.2, -0.15) is 0 Å². The number of carbonyl (C=O) groups is 2. The van der Waals surface area contributed by atoms with Crippen molar-refractivity contribution in [2.45, 2.75) is 18.8 Å². The molecule has 0 aromatic carbocycles. The van der Waals surface area contributed by atoms with Crippen LogP contribution in [0.3, 0.4) is 0 Å². The highest BCUT2D eigenvalue weighted by Crippen LogP contribution is 2.32. The fraction of sp³-hybridized carbons (Fsp3) is 0.375. The number of nitrogens with zero attached hydrogens (tertiary/aromatic N) is 1. The van der Waals surface area contributed by atoms with Crippen LogP contribution in [0, 0.1) is 0 Å². The number of hydrogen-bond donors (Lipinski definition) is 1. The summed E-state index contributed by atoms with van der Waals surface area (Å²) < 4.78 is 0. The Morgan fingerprint density at radius 3 is 2.85 bits per heavy atom. The smallest absolute Gasteiger partial charge is 0.239 e. The second-order valence-electron chi connectivity index (χ2n) is 3.22. The molecular weight excluding hydrogens is 188 g/mol. The standard InChI is InChI=1S/C8H8N2O2S/c1-8(7-9-2-3-13-7)4-5(11)10-6(8)12/h2-3H,4H2,1H3,(H,10,11,12). The Labute approximate surface area is 79.0 Å². The fourth-order valence-corrected chi connectivity index (χ4v) is 2.18. The fourth-order valence-electron chi connectivity index (χ4n) is 1.38. The predicted molar refractivity (Wildman–Crippen MR) is 47.2 cm³/mol. The van der Waals surface area contributed by atoms with Crippen LogP contribution in [0.4, 0.5) is 0 Å². The van der Waals surface area contributed by atoms with Gasteiger partial charge in [-0.1, -0.05) is 0 Å². The third-order valence-corrected chi connectivity index (χ3v) is 3.21. The zero-order chi connectivity index (χ0) is 9.47. The number of imide groups is 1. The summed E-state index contributed by atoms with van der Waals surface area (Å²) in [5.74, 6) is -0.463. The monoisotopic (exact) mass is 196 g/mol. The van der Waals surface area contributed by atoms with Crippen molar-refractivity contribution in [3.05, 3.63) is 16.6 Å². The van der Waals surface area contributed by atoms with Crippen molar-refractivity contribution in [2.24, 2.45) is 0 Å². The third-order valence-electron chi connectivity index (χ3n) is 2.17. The van der Waals surface area contributed by atoms with Gasteiger partial charge < -0.3 is 0 Å². The van der Waals surface area contributed by atoms with Crippen LogP contribution in [0.25, 0.3) is 0 Å². The van der Waals surface area contributed by atoms with E-state index in [1.165, 1.54) is 11.3 Å². The quantitative estimate of drug-likeness (QED) is 0.663. The normalized spacial score (nSPS) is 27.8. The number of amides is 2. The minimum Gasteiger partial charge on any atom is -0.296 e. The summed E-state index contributed by atoms with van der Waals surface area (Å²) in [6.45, 7) is 1.74. The van der Waals surface area contributed by atoms with E-state index in [0.29, 0.717) is 5.01 Å². The second-order valence-corrected chi connectivity index (χ2v) is 4.12. The van der Waals surface area contributed by atoms with Crippen LogP contribution in [0.2, 0.25) is 0 Å². The maximum Gasteiger partial charge on any atom is 0.239 e. The average molecular weight is 196 g/mol. The van der Waals surface area contributed by atoms with Gasteiger partial charge >= 0.3 is 0 Å². The first-order chi connectivity index (χ1) is 6.13. The Kier molecular flexibility index (Phi) is 1.69. The first kappa shape index (κ1) is 8.37. The van der Waals surface area contributed by atoms with Gasteiger partial charge in [0.15, 0.2) is 0 Å².